The molecule has 3 heteroatoms. The van der Waals surface area contributed by atoms with Gasteiger partial charge in [0.25, 0.3) is 0 Å². The molecule has 3 rings (SSSR count). The number of aromatic nitrogens is 1. The minimum atomic E-state index is 0.645. The van der Waals surface area contributed by atoms with E-state index in [9.17, 15) is 0 Å². The number of fused-ring (bicyclic) bond motifs is 1. The second-order valence-electron chi connectivity index (χ2n) is 3.97. The highest BCUT2D eigenvalue weighted by Crippen LogP contribution is 2.42. The second-order valence-corrected chi connectivity index (χ2v) is 4.38. The van der Waals surface area contributed by atoms with Crippen molar-refractivity contribution in [1.29, 1.82) is 0 Å². The monoisotopic (exact) mass is 221 g/mol. The summed E-state index contributed by atoms with van der Waals surface area (Å²) in [6, 6.07) is 6.70. The van der Waals surface area contributed by atoms with E-state index >= 15 is 0 Å². The van der Waals surface area contributed by atoms with Gasteiger partial charge in [-0.2, -0.15) is 0 Å². The molecule has 0 unspecified atom stereocenters. The Morgan fingerprint density at radius 3 is 2.87 bits per heavy atom. The van der Waals surface area contributed by atoms with Gasteiger partial charge >= 0.3 is 0 Å². The Kier molecular flexibility index (Phi) is 1.93. The molecule has 0 N–H and O–H groups in total. The lowest BCUT2D eigenvalue weighted by Crippen LogP contribution is -1.90. The molecule has 15 heavy (non-hydrogen) atoms. The number of hydrogen-bond donors (Lipinski definition) is 0. The number of methoxy groups -OCH3 is 1. The van der Waals surface area contributed by atoms with Crippen LogP contribution in [0.2, 0.25) is 5.02 Å². The Labute approximate surface area is 93.4 Å². The van der Waals surface area contributed by atoms with Crippen LogP contribution in [0.3, 0.4) is 0 Å². The van der Waals surface area contributed by atoms with Crippen molar-refractivity contribution in [2.45, 2.75) is 18.9 Å². The first-order chi connectivity index (χ1) is 7.31. The summed E-state index contributed by atoms with van der Waals surface area (Å²) in [6.07, 6.45) is 4.54. The van der Waals surface area contributed by atoms with Crippen LogP contribution in [-0.2, 0) is 0 Å². The van der Waals surface area contributed by atoms with Gasteiger partial charge in [0.1, 0.15) is 5.75 Å². The van der Waals surface area contributed by atoms with Gasteiger partial charge in [-0.25, -0.2) is 0 Å². The van der Waals surface area contributed by atoms with Crippen LogP contribution in [0.25, 0.3) is 10.9 Å². The molecule has 2 aromatic rings. The lowest BCUT2D eigenvalue weighted by molar-refractivity contribution is 0.420. The number of halogens is 1. The zero-order chi connectivity index (χ0) is 10.4. The summed E-state index contributed by atoms with van der Waals surface area (Å²) >= 11 is 6.23. The Morgan fingerprint density at radius 2 is 2.20 bits per heavy atom. The highest BCUT2D eigenvalue weighted by atomic mass is 35.5. The zero-order valence-corrected chi connectivity index (χ0v) is 9.29. The van der Waals surface area contributed by atoms with E-state index in [0.717, 1.165) is 16.2 Å². The molecule has 1 aromatic heterocycles. The molecule has 78 valence electrons. The second kappa shape index (κ2) is 3.17. The van der Waals surface area contributed by atoms with Crippen molar-refractivity contribution in [3.05, 3.63) is 29.4 Å². The van der Waals surface area contributed by atoms with Gasteiger partial charge in [-0.05, 0) is 25.0 Å². The largest absolute Gasteiger partial charge is 0.496 e. The molecule has 0 radical (unpaired) electrons. The fourth-order valence-corrected chi connectivity index (χ4v) is 2.35. The zero-order valence-electron chi connectivity index (χ0n) is 8.53. The Balaban J connectivity index is 2.32. The van der Waals surface area contributed by atoms with Crippen molar-refractivity contribution in [3.63, 3.8) is 0 Å². The molecule has 1 heterocycles. The van der Waals surface area contributed by atoms with Crippen molar-refractivity contribution in [2.24, 2.45) is 0 Å². The maximum Gasteiger partial charge on any atom is 0.129 e. The fourth-order valence-electron chi connectivity index (χ4n) is 2.06. The van der Waals surface area contributed by atoms with E-state index in [-0.39, 0.29) is 0 Å². The van der Waals surface area contributed by atoms with E-state index in [1.54, 1.807) is 7.11 Å². The number of rotatable bonds is 2. The molecule has 1 saturated carbocycles. The quantitative estimate of drug-likeness (QED) is 0.755. The minimum absolute atomic E-state index is 0.645. The first-order valence-electron chi connectivity index (χ1n) is 5.14. The standard InChI is InChI=1S/C12H12ClNO/c1-15-11-4-2-3-10-12(11)9(13)7-14(10)8-5-6-8/h2-4,7-8H,5-6H2,1H3. The van der Waals surface area contributed by atoms with Crippen LogP contribution < -0.4 is 4.74 Å². The predicted octanol–water partition coefficient (Wildman–Crippen LogP) is 3.64. The summed E-state index contributed by atoms with van der Waals surface area (Å²) in [5, 5.41) is 1.82. The summed E-state index contributed by atoms with van der Waals surface area (Å²) in [4.78, 5) is 0. The van der Waals surface area contributed by atoms with E-state index in [1.807, 2.05) is 18.3 Å². The van der Waals surface area contributed by atoms with Crippen LogP contribution in [0.1, 0.15) is 18.9 Å². The molecule has 0 aliphatic heterocycles. The fraction of sp³-hybridized carbons (Fsp3) is 0.333. The molecule has 0 saturated heterocycles. The lowest BCUT2D eigenvalue weighted by atomic mass is 10.2. The third kappa shape index (κ3) is 1.32. The molecular weight excluding hydrogens is 210 g/mol. The van der Waals surface area contributed by atoms with Gasteiger partial charge in [0, 0.05) is 12.2 Å². The SMILES string of the molecule is COc1cccc2c1c(Cl)cn2C1CC1. The van der Waals surface area contributed by atoms with Crippen LogP contribution in [0.4, 0.5) is 0 Å². The normalized spacial score (nSPS) is 15.9. The van der Waals surface area contributed by atoms with Gasteiger partial charge in [-0.1, -0.05) is 17.7 Å². The van der Waals surface area contributed by atoms with Gasteiger partial charge in [0.05, 0.1) is 23.0 Å². The molecule has 1 fully saturated rings. The van der Waals surface area contributed by atoms with Crippen LogP contribution in [0.15, 0.2) is 24.4 Å². The molecular formula is C12H12ClNO. The van der Waals surface area contributed by atoms with Gasteiger partial charge in [0.15, 0.2) is 0 Å². The van der Waals surface area contributed by atoms with E-state index in [2.05, 4.69) is 10.6 Å². The minimum Gasteiger partial charge on any atom is -0.496 e. The number of benzene rings is 1. The van der Waals surface area contributed by atoms with E-state index in [1.165, 1.54) is 18.4 Å². The van der Waals surface area contributed by atoms with Crippen molar-refractivity contribution >= 4 is 22.5 Å². The number of nitrogens with zero attached hydrogens (tertiary/aromatic N) is 1. The smallest absolute Gasteiger partial charge is 0.129 e. The molecule has 0 atom stereocenters. The van der Waals surface area contributed by atoms with E-state index < -0.39 is 0 Å². The van der Waals surface area contributed by atoms with E-state index in [0.29, 0.717) is 6.04 Å². The van der Waals surface area contributed by atoms with Crippen LogP contribution in [0.5, 0.6) is 5.75 Å². The third-order valence-corrected chi connectivity index (χ3v) is 3.22. The van der Waals surface area contributed by atoms with Crippen molar-refractivity contribution in [2.75, 3.05) is 7.11 Å². The van der Waals surface area contributed by atoms with Gasteiger partial charge in [0.2, 0.25) is 0 Å². The molecule has 0 spiro atoms. The summed E-state index contributed by atoms with van der Waals surface area (Å²) in [7, 11) is 1.68. The Bertz CT molecular complexity index is 514. The first-order valence-corrected chi connectivity index (χ1v) is 5.52. The summed E-state index contributed by atoms with van der Waals surface area (Å²) in [5.74, 6) is 0.858. The molecule has 1 aliphatic rings. The third-order valence-electron chi connectivity index (χ3n) is 2.93. The van der Waals surface area contributed by atoms with Crippen molar-refractivity contribution < 1.29 is 4.74 Å². The lowest BCUT2D eigenvalue weighted by Gasteiger charge is -2.04. The first kappa shape index (κ1) is 9.10. The predicted molar refractivity (Wildman–Crippen MR) is 61.8 cm³/mol. The van der Waals surface area contributed by atoms with Gasteiger partial charge < -0.3 is 9.30 Å². The maximum atomic E-state index is 6.23. The van der Waals surface area contributed by atoms with Crippen molar-refractivity contribution in [1.82, 2.24) is 4.57 Å². The van der Waals surface area contributed by atoms with Crippen LogP contribution in [0, 0.1) is 0 Å². The van der Waals surface area contributed by atoms with Crippen LogP contribution >= 0.6 is 11.6 Å². The molecule has 0 bridgehead atoms. The van der Waals surface area contributed by atoms with Gasteiger partial charge in [-0.15, -0.1) is 0 Å². The maximum absolute atomic E-state index is 6.23. The average molecular weight is 222 g/mol. The average Bonchev–Trinajstić information content (AvgIpc) is 3.04. The molecule has 1 aliphatic carbocycles. The summed E-state index contributed by atoms with van der Waals surface area (Å²) in [5.41, 5.74) is 1.18. The Morgan fingerprint density at radius 1 is 1.40 bits per heavy atom. The van der Waals surface area contributed by atoms with E-state index in [4.69, 9.17) is 16.3 Å². The highest BCUT2D eigenvalue weighted by Gasteiger charge is 2.26. The van der Waals surface area contributed by atoms with Crippen LogP contribution in [-0.4, -0.2) is 11.7 Å². The van der Waals surface area contributed by atoms with Crippen molar-refractivity contribution in [3.8, 4) is 5.75 Å². The molecule has 1 aromatic carbocycles. The Hall–Kier alpha value is -1.15. The summed E-state index contributed by atoms with van der Waals surface area (Å²) < 4.78 is 7.59. The highest BCUT2D eigenvalue weighted by molar-refractivity contribution is 6.36. The van der Waals surface area contributed by atoms with Gasteiger partial charge in [-0.3, -0.25) is 0 Å². The topological polar surface area (TPSA) is 14.2 Å². The summed E-state index contributed by atoms with van der Waals surface area (Å²) in [6.45, 7) is 0. The number of ether oxygens (including phenoxy) is 1. The molecule has 2 nitrogen and oxygen atoms in total. The molecule has 0 amide bonds. The number of hydrogen-bond acceptors (Lipinski definition) is 1.